The Kier molecular flexibility index (Phi) is 5.19. The molecule has 0 amide bonds. The third kappa shape index (κ3) is 3.93. The highest BCUT2D eigenvalue weighted by molar-refractivity contribution is 7.92. The van der Waals surface area contributed by atoms with E-state index in [1.165, 1.54) is 0 Å². The molecule has 0 saturated heterocycles. The topological polar surface area (TPSA) is 59.1 Å². The van der Waals surface area contributed by atoms with Crippen molar-refractivity contribution in [2.24, 2.45) is 0 Å². The molecular weight excluding hydrogens is 308 g/mol. The monoisotopic (exact) mass is 326 g/mol. The van der Waals surface area contributed by atoms with E-state index in [9.17, 15) is 8.42 Å². The first-order valence-corrected chi connectivity index (χ1v) is 8.95. The Labute approximate surface area is 130 Å². The molecule has 21 heavy (non-hydrogen) atoms. The number of sulfone groups is 1. The first kappa shape index (κ1) is 16.2. The summed E-state index contributed by atoms with van der Waals surface area (Å²) in [5.74, 6) is 0.142. The molecule has 4 nitrogen and oxygen atoms in total. The Bertz CT molecular complexity index is 730. The van der Waals surface area contributed by atoms with Crippen LogP contribution in [0.2, 0.25) is 5.02 Å². The van der Waals surface area contributed by atoms with Crippen molar-refractivity contribution in [2.45, 2.75) is 25.6 Å². The Balaban J connectivity index is 2.04. The average molecular weight is 327 g/mol. The summed E-state index contributed by atoms with van der Waals surface area (Å²) in [5.41, 5.74) is 1.86. The third-order valence-corrected chi connectivity index (χ3v) is 5.94. The van der Waals surface area contributed by atoms with Gasteiger partial charge in [0.05, 0.1) is 16.5 Å². The quantitative estimate of drug-likeness (QED) is 0.829. The number of nitrogens with zero attached hydrogens (tertiary/aromatic N) is 1. The van der Waals surface area contributed by atoms with Gasteiger partial charge in [0, 0.05) is 29.7 Å². The zero-order valence-electron chi connectivity index (χ0n) is 12.1. The molecule has 0 aliphatic heterocycles. The molecule has 0 fully saturated rings. The van der Waals surface area contributed by atoms with Crippen molar-refractivity contribution in [2.75, 3.05) is 12.3 Å². The van der Waals surface area contributed by atoms with Crippen LogP contribution in [-0.2, 0) is 16.4 Å². The SMILES string of the molecule is CC(C)S(=O)(=O)CCNCc1ccc(Cl)c2cccnc12. The predicted octanol–water partition coefficient (Wildman–Crippen LogP) is 2.80. The number of rotatable bonds is 6. The second kappa shape index (κ2) is 6.73. The number of benzene rings is 1. The first-order valence-electron chi connectivity index (χ1n) is 6.86. The van der Waals surface area contributed by atoms with Gasteiger partial charge in [-0.25, -0.2) is 8.42 Å². The van der Waals surface area contributed by atoms with Crippen molar-refractivity contribution in [3.63, 3.8) is 0 Å². The van der Waals surface area contributed by atoms with Crippen LogP contribution in [0.5, 0.6) is 0 Å². The van der Waals surface area contributed by atoms with Crippen LogP contribution in [-0.4, -0.2) is 30.9 Å². The molecule has 6 heteroatoms. The van der Waals surface area contributed by atoms with Crippen LogP contribution in [0.1, 0.15) is 19.4 Å². The summed E-state index contributed by atoms with van der Waals surface area (Å²) in [6, 6.07) is 7.53. The summed E-state index contributed by atoms with van der Waals surface area (Å²) in [6.45, 7) is 4.40. The fourth-order valence-electron chi connectivity index (χ4n) is 2.01. The number of fused-ring (bicyclic) bond motifs is 1. The Morgan fingerprint density at radius 1 is 1.29 bits per heavy atom. The van der Waals surface area contributed by atoms with Gasteiger partial charge in [-0.05, 0) is 37.6 Å². The van der Waals surface area contributed by atoms with Crippen LogP contribution in [0.3, 0.4) is 0 Å². The van der Waals surface area contributed by atoms with Gasteiger partial charge in [-0.2, -0.15) is 0 Å². The number of pyridine rings is 1. The van der Waals surface area contributed by atoms with E-state index in [4.69, 9.17) is 11.6 Å². The third-order valence-electron chi connectivity index (χ3n) is 3.40. The van der Waals surface area contributed by atoms with E-state index in [-0.39, 0.29) is 11.0 Å². The fraction of sp³-hybridized carbons (Fsp3) is 0.400. The number of hydrogen-bond acceptors (Lipinski definition) is 4. The second-order valence-corrected chi connectivity index (χ2v) is 8.28. The first-order chi connectivity index (χ1) is 9.92. The zero-order chi connectivity index (χ0) is 15.5. The van der Waals surface area contributed by atoms with E-state index in [1.54, 1.807) is 20.0 Å². The lowest BCUT2D eigenvalue weighted by molar-refractivity contribution is 0.582. The summed E-state index contributed by atoms with van der Waals surface area (Å²) in [7, 11) is -3.00. The van der Waals surface area contributed by atoms with Crippen LogP contribution in [0, 0.1) is 0 Å². The summed E-state index contributed by atoms with van der Waals surface area (Å²) in [6.07, 6.45) is 1.73. The van der Waals surface area contributed by atoms with Crippen LogP contribution in [0.25, 0.3) is 10.9 Å². The Morgan fingerprint density at radius 3 is 2.76 bits per heavy atom. The van der Waals surface area contributed by atoms with Crippen LogP contribution >= 0.6 is 11.6 Å². The van der Waals surface area contributed by atoms with Gasteiger partial charge in [-0.3, -0.25) is 4.98 Å². The molecule has 0 saturated carbocycles. The van der Waals surface area contributed by atoms with Crippen molar-refractivity contribution < 1.29 is 8.42 Å². The van der Waals surface area contributed by atoms with Gasteiger partial charge in [-0.15, -0.1) is 0 Å². The normalized spacial score (nSPS) is 12.2. The maximum atomic E-state index is 11.7. The summed E-state index contributed by atoms with van der Waals surface area (Å²) in [5, 5.41) is 4.41. The van der Waals surface area contributed by atoms with Crippen molar-refractivity contribution in [1.29, 1.82) is 0 Å². The highest BCUT2D eigenvalue weighted by Gasteiger charge is 2.15. The molecular formula is C15H19ClN2O2S. The van der Waals surface area contributed by atoms with E-state index in [0.29, 0.717) is 18.1 Å². The number of aromatic nitrogens is 1. The van der Waals surface area contributed by atoms with Crippen molar-refractivity contribution in [3.05, 3.63) is 41.0 Å². The molecule has 2 rings (SSSR count). The molecule has 0 aliphatic rings. The standard InChI is InChI=1S/C15H19ClN2O2S/c1-11(2)21(19,20)9-8-17-10-12-5-6-14(16)13-4-3-7-18-15(12)13/h3-7,11,17H,8-10H2,1-2H3. The molecule has 2 aromatic rings. The minimum Gasteiger partial charge on any atom is -0.312 e. The summed E-state index contributed by atoms with van der Waals surface area (Å²) in [4.78, 5) is 4.36. The molecule has 0 unspecified atom stereocenters. The minimum absolute atomic E-state index is 0.142. The summed E-state index contributed by atoms with van der Waals surface area (Å²) < 4.78 is 23.5. The lowest BCUT2D eigenvalue weighted by Crippen LogP contribution is -2.27. The van der Waals surface area contributed by atoms with Crippen LogP contribution < -0.4 is 5.32 Å². The van der Waals surface area contributed by atoms with E-state index < -0.39 is 9.84 Å². The van der Waals surface area contributed by atoms with Crippen LogP contribution in [0.4, 0.5) is 0 Å². The molecule has 1 aromatic heterocycles. The van der Waals surface area contributed by atoms with Gasteiger partial charge >= 0.3 is 0 Å². The van der Waals surface area contributed by atoms with E-state index in [1.807, 2.05) is 24.3 Å². The molecule has 0 spiro atoms. The van der Waals surface area contributed by atoms with E-state index >= 15 is 0 Å². The number of nitrogens with one attached hydrogen (secondary N) is 1. The van der Waals surface area contributed by atoms with Gasteiger partial charge in [0.15, 0.2) is 9.84 Å². The van der Waals surface area contributed by atoms with Gasteiger partial charge in [0.1, 0.15) is 0 Å². The van der Waals surface area contributed by atoms with Gasteiger partial charge in [0.2, 0.25) is 0 Å². The van der Waals surface area contributed by atoms with Gasteiger partial charge in [-0.1, -0.05) is 17.7 Å². The second-order valence-electron chi connectivity index (χ2n) is 5.20. The van der Waals surface area contributed by atoms with Crippen molar-refractivity contribution in [3.8, 4) is 0 Å². The van der Waals surface area contributed by atoms with Crippen molar-refractivity contribution >= 4 is 32.3 Å². The molecule has 0 atom stereocenters. The van der Waals surface area contributed by atoms with Gasteiger partial charge in [0.25, 0.3) is 0 Å². The highest BCUT2D eigenvalue weighted by atomic mass is 35.5. The average Bonchev–Trinajstić information content (AvgIpc) is 2.46. The Morgan fingerprint density at radius 2 is 2.05 bits per heavy atom. The zero-order valence-corrected chi connectivity index (χ0v) is 13.7. The maximum absolute atomic E-state index is 11.7. The number of halogens is 1. The lowest BCUT2D eigenvalue weighted by Gasteiger charge is -2.10. The van der Waals surface area contributed by atoms with Crippen LogP contribution in [0.15, 0.2) is 30.5 Å². The minimum atomic E-state index is -3.00. The smallest absolute Gasteiger partial charge is 0.153 e. The Hall–Kier alpha value is -1.17. The predicted molar refractivity (Wildman–Crippen MR) is 87.4 cm³/mol. The molecule has 114 valence electrons. The molecule has 0 bridgehead atoms. The maximum Gasteiger partial charge on any atom is 0.153 e. The molecule has 1 aromatic carbocycles. The molecule has 0 radical (unpaired) electrons. The highest BCUT2D eigenvalue weighted by Crippen LogP contribution is 2.24. The number of hydrogen-bond donors (Lipinski definition) is 1. The largest absolute Gasteiger partial charge is 0.312 e. The summed E-state index contributed by atoms with van der Waals surface area (Å²) >= 11 is 6.15. The fourth-order valence-corrected chi connectivity index (χ4v) is 3.13. The van der Waals surface area contributed by atoms with Gasteiger partial charge < -0.3 is 5.32 Å². The van der Waals surface area contributed by atoms with Crippen molar-refractivity contribution in [1.82, 2.24) is 10.3 Å². The molecule has 0 aliphatic carbocycles. The van der Waals surface area contributed by atoms with E-state index in [0.717, 1.165) is 16.5 Å². The molecule has 1 N–H and O–H groups in total. The molecule has 1 heterocycles. The lowest BCUT2D eigenvalue weighted by atomic mass is 10.1. The van der Waals surface area contributed by atoms with E-state index in [2.05, 4.69) is 10.3 Å².